The maximum atomic E-state index is 12.3. The van der Waals surface area contributed by atoms with Crippen LogP contribution in [0.15, 0.2) is 77.7 Å². The van der Waals surface area contributed by atoms with E-state index >= 15 is 0 Å². The lowest BCUT2D eigenvalue weighted by molar-refractivity contribution is 0.0123. The molecule has 0 fully saturated rings. The van der Waals surface area contributed by atoms with Crippen molar-refractivity contribution in [2.24, 2.45) is 0 Å². The predicted octanol–water partition coefficient (Wildman–Crippen LogP) is 4.18. The normalized spacial score (nSPS) is 10.8. The van der Waals surface area contributed by atoms with Gasteiger partial charge < -0.3 is 18.8 Å². The van der Waals surface area contributed by atoms with E-state index in [2.05, 4.69) is 0 Å². The van der Waals surface area contributed by atoms with Gasteiger partial charge in [0.1, 0.15) is 13.3 Å². The van der Waals surface area contributed by atoms with Crippen molar-refractivity contribution in [1.29, 1.82) is 0 Å². The third kappa shape index (κ3) is 6.31. The molecule has 0 aliphatic carbocycles. The van der Waals surface area contributed by atoms with Gasteiger partial charge in [0.2, 0.25) is 5.43 Å². The van der Waals surface area contributed by atoms with E-state index in [1.165, 1.54) is 6.07 Å². The van der Waals surface area contributed by atoms with Crippen molar-refractivity contribution in [2.45, 2.75) is 33.3 Å². The average molecular weight is 393 g/mol. The summed E-state index contributed by atoms with van der Waals surface area (Å²) < 4.78 is 19.2. The van der Waals surface area contributed by atoms with Crippen molar-refractivity contribution in [1.82, 2.24) is 4.57 Å². The van der Waals surface area contributed by atoms with Crippen molar-refractivity contribution >= 4 is 0 Å². The van der Waals surface area contributed by atoms with Gasteiger partial charge in [-0.05, 0) is 17.5 Å². The van der Waals surface area contributed by atoms with Gasteiger partial charge in [0.05, 0.1) is 25.5 Å². The Kier molecular flexibility index (Phi) is 8.04. The molecule has 0 saturated carbocycles. The fourth-order valence-corrected chi connectivity index (χ4v) is 3.01. The number of pyridine rings is 1. The van der Waals surface area contributed by atoms with Crippen molar-refractivity contribution in [3.63, 3.8) is 0 Å². The minimum absolute atomic E-state index is 0.111. The maximum Gasteiger partial charge on any atom is 0.223 e. The summed E-state index contributed by atoms with van der Waals surface area (Å²) >= 11 is 0. The van der Waals surface area contributed by atoms with Crippen molar-refractivity contribution < 1.29 is 14.2 Å². The van der Waals surface area contributed by atoms with Gasteiger partial charge in [0, 0.05) is 12.3 Å². The Hall–Kier alpha value is -2.89. The second-order valence-electron chi connectivity index (χ2n) is 6.63. The second kappa shape index (κ2) is 11.2. The van der Waals surface area contributed by atoms with Crippen molar-refractivity contribution in [3.8, 4) is 5.75 Å². The van der Waals surface area contributed by atoms with E-state index in [0.717, 1.165) is 16.8 Å². The van der Waals surface area contributed by atoms with Crippen LogP contribution in [0.25, 0.3) is 0 Å². The van der Waals surface area contributed by atoms with E-state index in [1.54, 1.807) is 6.20 Å². The molecule has 0 aliphatic rings. The molecule has 0 amide bonds. The lowest BCUT2D eigenvalue weighted by atomic mass is 10.2. The van der Waals surface area contributed by atoms with Gasteiger partial charge in [-0.3, -0.25) is 4.79 Å². The Balaban J connectivity index is 1.51. The molecule has 3 aromatic rings. The number of rotatable bonds is 11. The van der Waals surface area contributed by atoms with Crippen LogP contribution in [0.4, 0.5) is 0 Å². The van der Waals surface area contributed by atoms with Crippen molar-refractivity contribution in [3.05, 3.63) is 100.0 Å². The largest absolute Gasteiger partial charge is 0.483 e. The molecule has 0 atom stereocenters. The van der Waals surface area contributed by atoms with Gasteiger partial charge in [0.15, 0.2) is 5.75 Å². The first-order chi connectivity index (χ1) is 14.3. The zero-order valence-corrected chi connectivity index (χ0v) is 16.8. The molecule has 0 spiro atoms. The summed E-state index contributed by atoms with van der Waals surface area (Å²) in [6.07, 6.45) is 2.43. The van der Waals surface area contributed by atoms with Crippen molar-refractivity contribution in [2.75, 3.05) is 13.2 Å². The Labute approximate surface area is 171 Å². The quantitative estimate of drug-likeness (QED) is 0.459. The summed E-state index contributed by atoms with van der Waals surface area (Å²) in [5.74, 6) is 0.391. The van der Waals surface area contributed by atoms with E-state index in [-0.39, 0.29) is 5.43 Å². The van der Waals surface area contributed by atoms with E-state index in [1.807, 2.05) is 72.2 Å². The van der Waals surface area contributed by atoms with Gasteiger partial charge in [0.25, 0.3) is 0 Å². The van der Waals surface area contributed by atoms with E-state index in [4.69, 9.17) is 14.2 Å². The second-order valence-corrected chi connectivity index (χ2v) is 6.63. The summed E-state index contributed by atoms with van der Waals surface area (Å²) in [4.78, 5) is 12.3. The molecule has 152 valence electrons. The Morgan fingerprint density at radius 1 is 0.793 bits per heavy atom. The topological polar surface area (TPSA) is 49.7 Å². The van der Waals surface area contributed by atoms with Crippen LogP contribution in [0.2, 0.25) is 0 Å². The number of nitrogens with zero attached hydrogens (tertiary/aromatic N) is 1. The first-order valence-corrected chi connectivity index (χ1v) is 9.86. The van der Waals surface area contributed by atoms with Crippen LogP contribution in [0.1, 0.15) is 23.7 Å². The summed E-state index contributed by atoms with van der Waals surface area (Å²) in [5, 5.41) is 0. The lowest BCUT2D eigenvalue weighted by Crippen LogP contribution is -2.18. The van der Waals surface area contributed by atoms with Crippen LogP contribution in [0.3, 0.4) is 0 Å². The average Bonchev–Trinajstić information content (AvgIpc) is 2.77. The summed E-state index contributed by atoms with van der Waals surface area (Å²) in [6, 6.07) is 21.4. The highest BCUT2D eigenvalue weighted by molar-refractivity contribution is 5.29. The Morgan fingerprint density at radius 3 is 2.07 bits per heavy atom. The third-order valence-corrected chi connectivity index (χ3v) is 4.51. The molecule has 2 aromatic carbocycles. The number of ether oxygens (including phenoxy) is 3. The first kappa shape index (κ1) is 20.8. The molecule has 0 saturated heterocycles. The molecular formula is C24H27NO4. The SMILES string of the molecule is CCc1c(OCc2ccccc2)c(=O)ccn1COCCOCc1ccccc1. The highest BCUT2D eigenvalue weighted by atomic mass is 16.5. The molecule has 5 nitrogen and oxygen atoms in total. The molecule has 3 rings (SSSR count). The van der Waals surface area contributed by atoms with Gasteiger partial charge in [-0.25, -0.2) is 0 Å². The molecule has 0 N–H and O–H groups in total. The monoisotopic (exact) mass is 393 g/mol. The maximum absolute atomic E-state index is 12.3. The molecule has 0 aliphatic heterocycles. The number of benzene rings is 2. The first-order valence-electron chi connectivity index (χ1n) is 9.86. The minimum atomic E-state index is -0.111. The van der Waals surface area contributed by atoms with Crippen LogP contribution in [-0.2, 0) is 35.8 Å². The number of aromatic nitrogens is 1. The standard InChI is InChI=1S/C24H27NO4/c1-2-22-24(29-18-21-11-7-4-8-12-21)23(26)13-14-25(22)19-28-16-15-27-17-20-9-5-3-6-10-20/h3-14H,2,15-19H2,1H3. The summed E-state index contributed by atoms with van der Waals surface area (Å²) in [7, 11) is 0. The van der Waals surface area contributed by atoms with E-state index in [9.17, 15) is 4.79 Å². The molecule has 0 unspecified atom stereocenters. The van der Waals surface area contributed by atoms with E-state index < -0.39 is 0 Å². The van der Waals surface area contributed by atoms with Crippen LogP contribution in [-0.4, -0.2) is 17.8 Å². The van der Waals surface area contributed by atoms with Crippen LogP contribution < -0.4 is 10.2 Å². The smallest absolute Gasteiger partial charge is 0.223 e. The molecule has 5 heteroatoms. The fraction of sp³-hybridized carbons (Fsp3) is 0.292. The molecule has 0 radical (unpaired) electrons. The Bertz CT molecular complexity index is 923. The summed E-state index contributed by atoms with van der Waals surface area (Å²) in [6.45, 7) is 4.26. The zero-order valence-electron chi connectivity index (χ0n) is 16.8. The van der Waals surface area contributed by atoms with Gasteiger partial charge >= 0.3 is 0 Å². The van der Waals surface area contributed by atoms with Gasteiger partial charge in [-0.2, -0.15) is 0 Å². The molecule has 1 heterocycles. The van der Waals surface area contributed by atoms with Crippen LogP contribution in [0.5, 0.6) is 5.75 Å². The highest BCUT2D eigenvalue weighted by Gasteiger charge is 2.11. The van der Waals surface area contributed by atoms with Gasteiger partial charge in [-0.15, -0.1) is 0 Å². The molecule has 29 heavy (non-hydrogen) atoms. The molecule has 0 bridgehead atoms. The van der Waals surface area contributed by atoms with E-state index in [0.29, 0.717) is 45.3 Å². The highest BCUT2D eigenvalue weighted by Crippen LogP contribution is 2.16. The number of hydrogen-bond donors (Lipinski definition) is 0. The minimum Gasteiger partial charge on any atom is -0.483 e. The fourth-order valence-electron chi connectivity index (χ4n) is 3.01. The van der Waals surface area contributed by atoms with Crippen LogP contribution in [0, 0.1) is 0 Å². The predicted molar refractivity (Wildman–Crippen MR) is 113 cm³/mol. The zero-order chi connectivity index (χ0) is 20.3. The molecule has 1 aromatic heterocycles. The third-order valence-electron chi connectivity index (χ3n) is 4.51. The molecular weight excluding hydrogens is 366 g/mol. The van der Waals surface area contributed by atoms with Gasteiger partial charge in [-0.1, -0.05) is 67.6 Å². The Morgan fingerprint density at radius 2 is 1.41 bits per heavy atom. The summed E-state index contributed by atoms with van der Waals surface area (Å²) in [5.41, 5.74) is 2.89. The lowest BCUT2D eigenvalue weighted by Gasteiger charge is -2.17. The van der Waals surface area contributed by atoms with Crippen LogP contribution >= 0.6 is 0 Å². The number of hydrogen-bond acceptors (Lipinski definition) is 4.